The molecule has 0 fully saturated rings. The summed E-state index contributed by atoms with van der Waals surface area (Å²) in [6.45, 7) is 2.09. The zero-order valence-electron chi connectivity index (χ0n) is 11.9. The quantitative estimate of drug-likeness (QED) is 0.735. The summed E-state index contributed by atoms with van der Waals surface area (Å²) in [5.74, 6) is 0. The largest absolute Gasteiger partial charge is 0.466 e. The molecule has 104 valence electrons. The Bertz CT molecular complexity index is 737. The van der Waals surface area contributed by atoms with Crippen LogP contribution in [0, 0.1) is 6.92 Å². The molecule has 21 heavy (non-hydrogen) atoms. The molecule has 0 aliphatic heterocycles. The highest BCUT2D eigenvalue weighted by molar-refractivity contribution is 5.68. The van der Waals surface area contributed by atoms with Crippen LogP contribution in [0.1, 0.15) is 5.56 Å². The third-order valence-corrected chi connectivity index (χ3v) is 3.29. The third kappa shape index (κ3) is 2.89. The smallest absolute Gasteiger partial charge is 0.335 e. The number of methoxy groups -OCH3 is 1. The fourth-order valence-electron chi connectivity index (χ4n) is 2.09. The van der Waals surface area contributed by atoms with E-state index in [4.69, 9.17) is 4.74 Å². The Kier molecular flexibility index (Phi) is 3.60. The van der Waals surface area contributed by atoms with Crippen molar-refractivity contribution < 1.29 is 4.74 Å². The van der Waals surface area contributed by atoms with E-state index >= 15 is 0 Å². The van der Waals surface area contributed by atoms with Gasteiger partial charge in [0.1, 0.15) is 0 Å². The van der Waals surface area contributed by atoms with Crippen LogP contribution in [0.3, 0.4) is 0 Å². The van der Waals surface area contributed by atoms with Crippen molar-refractivity contribution in [2.75, 3.05) is 7.11 Å². The standard InChI is InChI=1S/C17H15N3O/c1-12-3-5-13(6-4-12)14-7-9-15(10-8-14)16-11-18-20-17(19-16)21-2/h3-11H,1-2H3. The van der Waals surface area contributed by atoms with Crippen LogP contribution in [-0.2, 0) is 0 Å². The van der Waals surface area contributed by atoms with E-state index in [1.54, 1.807) is 6.20 Å². The first-order valence-corrected chi connectivity index (χ1v) is 6.67. The molecule has 3 rings (SSSR count). The molecule has 1 aromatic heterocycles. The SMILES string of the molecule is COc1nncc(-c2ccc(-c3ccc(C)cc3)cc2)n1. The molecule has 0 N–H and O–H groups in total. The maximum absolute atomic E-state index is 5.00. The third-order valence-electron chi connectivity index (χ3n) is 3.29. The number of rotatable bonds is 3. The predicted molar refractivity (Wildman–Crippen MR) is 82.0 cm³/mol. The van der Waals surface area contributed by atoms with Gasteiger partial charge in [-0.25, -0.2) is 0 Å². The van der Waals surface area contributed by atoms with Gasteiger partial charge in [0.05, 0.1) is 19.0 Å². The molecule has 0 spiro atoms. The van der Waals surface area contributed by atoms with Gasteiger partial charge >= 0.3 is 6.01 Å². The zero-order chi connectivity index (χ0) is 14.7. The number of aryl methyl sites for hydroxylation is 1. The summed E-state index contributed by atoms with van der Waals surface area (Å²) < 4.78 is 5.00. The Hall–Kier alpha value is -2.75. The van der Waals surface area contributed by atoms with E-state index < -0.39 is 0 Å². The lowest BCUT2D eigenvalue weighted by atomic mass is 10.0. The second-order valence-electron chi connectivity index (χ2n) is 4.77. The summed E-state index contributed by atoms with van der Waals surface area (Å²) in [6.07, 6.45) is 1.63. The average Bonchev–Trinajstić information content (AvgIpc) is 2.56. The van der Waals surface area contributed by atoms with Gasteiger partial charge in [-0.1, -0.05) is 59.2 Å². The summed E-state index contributed by atoms with van der Waals surface area (Å²) in [7, 11) is 1.53. The molecule has 0 bridgehead atoms. The molecular weight excluding hydrogens is 262 g/mol. The molecule has 0 aliphatic carbocycles. The van der Waals surface area contributed by atoms with E-state index in [2.05, 4.69) is 58.5 Å². The molecule has 0 saturated heterocycles. The normalized spacial score (nSPS) is 10.4. The van der Waals surface area contributed by atoms with E-state index in [9.17, 15) is 0 Å². The molecule has 0 aliphatic rings. The molecule has 2 aromatic carbocycles. The fraction of sp³-hybridized carbons (Fsp3) is 0.118. The Morgan fingerprint density at radius 3 is 2.00 bits per heavy atom. The van der Waals surface area contributed by atoms with Crippen LogP contribution >= 0.6 is 0 Å². The number of nitrogens with zero attached hydrogens (tertiary/aromatic N) is 3. The van der Waals surface area contributed by atoms with E-state index in [1.165, 1.54) is 23.8 Å². The van der Waals surface area contributed by atoms with Crippen molar-refractivity contribution in [2.45, 2.75) is 6.92 Å². The van der Waals surface area contributed by atoms with Crippen LogP contribution in [0.25, 0.3) is 22.4 Å². The van der Waals surface area contributed by atoms with Gasteiger partial charge in [-0.05, 0) is 18.1 Å². The minimum atomic E-state index is 0.273. The molecule has 0 amide bonds. The van der Waals surface area contributed by atoms with E-state index in [0.717, 1.165) is 11.3 Å². The highest BCUT2D eigenvalue weighted by atomic mass is 16.5. The van der Waals surface area contributed by atoms with Gasteiger partial charge in [0, 0.05) is 5.56 Å². The maximum Gasteiger partial charge on any atom is 0.335 e. The summed E-state index contributed by atoms with van der Waals surface area (Å²) in [6, 6.07) is 17.0. The molecule has 4 heteroatoms. The number of aromatic nitrogens is 3. The van der Waals surface area contributed by atoms with Gasteiger partial charge in [0.25, 0.3) is 0 Å². The van der Waals surface area contributed by atoms with Crippen LogP contribution in [0.2, 0.25) is 0 Å². The van der Waals surface area contributed by atoms with Crippen LogP contribution in [0.4, 0.5) is 0 Å². The van der Waals surface area contributed by atoms with Crippen molar-refractivity contribution in [3.05, 3.63) is 60.3 Å². The first-order chi connectivity index (χ1) is 10.3. The molecule has 4 nitrogen and oxygen atoms in total. The second-order valence-corrected chi connectivity index (χ2v) is 4.77. The topological polar surface area (TPSA) is 47.9 Å². The zero-order valence-corrected chi connectivity index (χ0v) is 11.9. The number of hydrogen-bond donors (Lipinski definition) is 0. The van der Waals surface area contributed by atoms with Gasteiger partial charge in [0.2, 0.25) is 0 Å². The highest BCUT2D eigenvalue weighted by Crippen LogP contribution is 2.24. The van der Waals surface area contributed by atoms with Gasteiger partial charge in [-0.3, -0.25) is 0 Å². The highest BCUT2D eigenvalue weighted by Gasteiger charge is 2.04. The maximum atomic E-state index is 5.00. The van der Waals surface area contributed by atoms with Crippen LogP contribution < -0.4 is 4.74 Å². The Balaban J connectivity index is 1.91. The molecule has 3 aromatic rings. The predicted octanol–water partition coefficient (Wildman–Crippen LogP) is 3.52. The molecular formula is C17H15N3O. The second kappa shape index (κ2) is 5.71. The summed E-state index contributed by atoms with van der Waals surface area (Å²) in [5, 5.41) is 7.66. The first kappa shape index (κ1) is 13.2. The number of hydrogen-bond acceptors (Lipinski definition) is 4. The Labute approximate surface area is 123 Å². The minimum absolute atomic E-state index is 0.273. The summed E-state index contributed by atoms with van der Waals surface area (Å²) in [4.78, 5) is 4.28. The summed E-state index contributed by atoms with van der Waals surface area (Å²) in [5.41, 5.74) is 5.36. The lowest BCUT2D eigenvalue weighted by molar-refractivity contribution is 0.374. The first-order valence-electron chi connectivity index (χ1n) is 6.67. The lowest BCUT2D eigenvalue weighted by Gasteiger charge is -2.05. The average molecular weight is 277 g/mol. The molecule has 0 unspecified atom stereocenters. The van der Waals surface area contributed by atoms with Crippen molar-refractivity contribution in [3.63, 3.8) is 0 Å². The van der Waals surface area contributed by atoms with E-state index in [0.29, 0.717) is 0 Å². The van der Waals surface area contributed by atoms with Gasteiger partial charge in [-0.15, -0.1) is 0 Å². The Morgan fingerprint density at radius 1 is 0.810 bits per heavy atom. The number of ether oxygens (including phenoxy) is 1. The summed E-state index contributed by atoms with van der Waals surface area (Å²) >= 11 is 0. The molecule has 0 saturated carbocycles. The van der Waals surface area contributed by atoms with Crippen LogP contribution in [0.15, 0.2) is 54.7 Å². The van der Waals surface area contributed by atoms with Crippen LogP contribution in [0.5, 0.6) is 6.01 Å². The van der Waals surface area contributed by atoms with Crippen LogP contribution in [-0.4, -0.2) is 22.3 Å². The lowest BCUT2D eigenvalue weighted by Crippen LogP contribution is -1.95. The molecule has 0 atom stereocenters. The van der Waals surface area contributed by atoms with Gasteiger partial charge in [0.15, 0.2) is 0 Å². The van der Waals surface area contributed by atoms with Crippen molar-refractivity contribution in [1.82, 2.24) is 15.2 Å². The number of benzene rings is 2. The van der Waals surface area contributed by atoms with Crippen molar-refractivity contribution in [3.8, 4) is 28.4 Å². The van der Waals surface area contributed by atoms with E-state index in [1.807, 2.05) is 12.1 Å². The van der Waals surface area contributed by atoms with Crippen molar-refractivity contribution >= 4 is 0 Å². The monoisotopic (exact) mass is 277 g/mol. The van der Waals surface area contributed by atoms with Gasteiger partial charge < -0.3 is 4.74 Å². The van der Waals surface area contributed by atoms with Gasteiger partial charge in [-0.2, -0.15) is 10.1 Å². The molecule has 0 radical (unpaired) electrons. The van der Waals surface area contributed by atoms with Crippen molar-refractivity contribution in [1.29, 1.82) is 0 Å². The fourth-order valence-corrected chi connectivity index (χ4v) is 2.09. The van der Waals surface area contributed by atoms with E-state index in [-0.39, 0.29) is 6.01 Å². The van der Waals surface area contributed by atoms with Crippen molar-refractivity contribution in [2.24, 2.45) is 0 Å². The molecule has 1 heterocycles. The Morgan fingerprint density at radius 2 is 1.38 bits per heavy atom. The minimum Gasteiger partial charge on any atom is -0.466 e.